The van der Waals surface area contributed by atoms with Crippen LogP contribution in [0.25, 0.3) is 0 Å². The Morgan fingerprint density at radius 1 is 1.00 bits per heavy atom. The molecular weight excluding hydrogens is 392 g/mol. The molecule has 1 aromatic rings. The first kappa shape index (κ1) is 20.3. The van der Waals surface area contributed by atoms with Crippen LogP contribution in [0.15, 0.2) is 24.5 Å². The predicted molar refractivity (Wildman–Crippen MR) is 108 cm³/mol. The number of hydrogen-bond donors (Lipinski definition) is 0. The molecule has 3 aliphatic heterocycles. The molecule has 1 aromatic heterocycles. The van der Waals surface area contributed by atoms with Crippen LogP contribution in [0, 0.1) is 5.41 Å². The smallest absolute Gasteiger partial charge is 0.253 e. The van der Waals surface area contributed by atoms with Crippen LogP contribution >= 0.6 is 0 Å². The molecule has 4 heterocycles. The molecule has 2 amide bonds. The van der Waals surface area contributed by atoms with Gasteiger partial charge in [0.25, 0.3) is 5.91 Å². The number of fused-ring (bicyclic) bond motifs is 1. The molecule has 8 nitrogen and oxygen atoms in total. The molecule has 3 fully saturated rings. The number of aromatic nitrogens is 1. The number of amides is 2. The SMILES string of the molecule is CS(=O)(=O)N1CC[C@]2(C(=O)N3CCCC3)CCN(C(=O)c3ccncc3)CC[C@H]12. The molecule has 0 aliphatic carbocycles. The van der Waals surface area contributed by atoms with Gasteiger partial charge in [0, 0.05) is 56.7 Å². The molecule has 158 valence electrons. The Kier molecular flexibility index (Phi) is 5.37. The Morgan fingerprint density at radius 3 is 2.31 bits per heavy atom. The number of carbonyl (C=O) groups is 2. The molecule has 29 heavy (non-hydrogen) atoms. The van der Waals surface area contributed by atoms with Gasteiger partial charge in [-0.2, -0.15) is 4.31 Å². The Morgan fingerprint density at radius 2 is 1.66 bits per heavy atom. The van der Waals surface area contributed by atoms with Crippen molar-refractivity contribution in [2.75, 3.05) is 39.0 Å². The monoisotopic (exact) mass is 420 g/mol. The van der Waals surface area contributed by atoms with E-state index in [4.69, 9.17) is 0 Å². The maximum Gasteiger partial charge on any atom is 0.253 e. The average molecular weight is 421 g/mol. The predicted octanol–water partition coefficient (Wildman–Crippen LogP) is 0.960. The van der Waals surface area contributed by atoms with Gasteiger partial charge in [-0.1, -0.05) is 0 Å². The third-order valence-electron chi connectivity index (χ3n) is 6.72. The van der Waals surface area contributed by atoms with E-state index >= 15 is 0 Å². The van der Waals surface area contributed by atoms with E-state index in [0.29, 0.717) is 44.5 Å². The van der Waals surface area contributed by atoms with Gasteiger partial charge in [0.2, 0.25) is 15.9 Å². The van der Waals surface area contributed by atoms with Gasteiger partial charge in [-0.15, -0.1) is 0 Å². The van der Waals surface area contributed by atoms with E-state index in [1.54, 1.807) is 29.4 Å². The van der Waals surface area contributed by atoms with E-state index in [-0.39, 0.29) is 17.9 Å². The Balaban J connectivity index is 1.63. The molecule has 2 atom stereocenters. The third kappa shape index (κ3) is 3.66. The van der Waals surface area contributed by atoms with Gasteiger partial charge in [-0.3, -0.25) is 14.6 Å². The highest BCUT2D eigenvalue weighted by Gasteiger charge is 2.57. The molecule has 4 rings (SSSR count). The van der Waals surface area contributed by atoms with Crippen molar-refractivity contribution in [3.63, 3.8) is 0 Å². The molecule has 0 spiro atoms. The van der Waals surface area contributed by atoms with E-state index in [0.717, 1.165) is 25.9 Å². The minimum absolute atomic E-state index is 0.0735. The van der Waals surface area contributed by atoms with Gasteiger partial charge in [0.1, 0.15) is 0 Å². The van der Waals surface area contributed by atoms with Gasteiger partial charge in [0.15, 0.2) is 0 Å². The standard InChI is InChI=1S/C20H28N4O4S/c1-29(27,28)24-15-8-20(19(26)23-11-2-3-12-23)7-14-22(13-6-17(20)24)18(25)16-4-9-21-10-5-16/h4-5,9-10,17H,2-3,6-8,11-15H2,1H3/t17-,20+/m0/s1. The van der Waals surface area contributed by atoms with Crippen LogP contribution in [-0.2, 0) is 14.8 Å². The quantitative estimate of drug-likeness (QED) is 0.726. The summed E-state index contributed by atoms with van der Waals surface area (Å²) in [6, 6.07) is 2.98. The van der Waals surface area contributed by atoms with Gasteiger partial charge >= 0.3 is 0 Å². The van der Waals surface area contributed by atoms with E-state index in [1.165, 1.54) is 10.6 Å². The Labute approximate surface area is 171 Å². The van der Waals surface area contributed by atoms with Crippen molar-refractivity contribution in [3.05, 3.63) is 30.1 Å². The number of carbonyl (C=O) groups excluding carboxylic acids is 2. The lowest BCUT2D eigenvalue weighted by Gasteiger charge is -2.37. The van der Waals surface area contributed by atoms with Crippen molar-refractivity contribution < 1.29 is 18.0 Å². The van der Waals surface area contributed by atoms with E-state index in [1.807, 2.05) is 4.90 Å². The first-order valence-corrected chi connectivity index (χ1v) is 12.1. The zero-order valence-electron chi connectivity index (χ0n) is 16.8. The zero-order chi connectivity index (χ0) is 20.6. The topological polar surface area (TPSA) is 90.9 Å². The summed E-state index contributed by atoms with van der Waals surface area (Å²) >= 11 is 0. The molecule has 0 saturated carbocycles. The molecule has 9 heteroatoms. The fourth-order valence-corrected chi connectivity index (χ4v) is 6.41. The maximum atomic E-state index is 13.6. The third-order valence-corrected chi connectivity index (χ3v) is 8.01. The fourth-order valence-electron chi connectivity index (χ4n) is 5.21. The summed E-state index contributed by atoms with van der Waals surface area (Å²) in [5, 5.41) is 0. The summed E-state index contributed by atoms with van der Waals surface area (Å²) in [6.07, 6.45) is 7.88. The number of nitrogens with zero attached hydrogens (tertiary/aromatic N) is 4. The van der Waals surface area contributed by atoms with E-state index < -0.39 is 15.4 Å². The van der Waals surface area contributed by atoms with Crippen molar-refractivity contribution in [2.45, 2.75) is 38.1 Å². The van der Waals surface area contributed by atoms with Gasteiger partial charge in [0.05, 0.1) is 11.7 Å². The first-order valence-electron chi connectivity index (χ1n) is 10.3. The Hall–Kier alpha value is -2.00. The van der Waals surface area contributed by atoms with Crippen molar-refractivity contribution in [2.24, 2.45) is 5.41 Å². The molecule has 3 aliphatic rings. The lowest BCUT2D eigenvalue weighted by molar-refractivity contribution is -0.142. The summed E-state index contributed by atoms with van der Waals surface area (Å²) in [6.45, 7) is 2.75. The summed E-state index contributed by atoms with van der Waals surface area (Å²) in [5.74, 6) is -0.0218. The van der Waals surface area contributed by atoms with Gasteiger partial charge in [-0.25, -0.2) is 8.42 Å². The van der Waals surface area contributed by atoms with Crippen molar-refractivity contribution in [1.29, 1.82) is 0 Å². The second-order valence-corrected chi connectivity index (χ2v) is 10.3. The number of likely N-dealkylation sites (tertiary alicyclic amines) is 2. The largest absolute Gasteiger partial charge is 0.342 e. The number of hydrogen-bond acceptors (Lipinski definition) is 5. The van der Waals surface area contributed by atoms with E-state index in [9.17, 15) is 18.0 Å². The highest BCUT2D eigenvalue weighted by molar-refractivity contribution is 7.88. The van der Waals surface area contributed by atoms with Crippen LogP contribution < -0.4 is 0 Å². The minimum Gasteiger partial charge on any atom is -0.342 e. The molecular formula is C20H28N4O4S. The highest BCUT2D eigenvalue weighted by atomic mass is 32.2. The molecule has 0 radical (unpaired) electrons. The van der Waals surface area contributed by atoms with Gasteiger partial charge < -0.3 is 9.80 Å². The molecule has 3 saturated heterocycles. The number of rotatable bonds is 3. The van der Waals surface area contributed by atoms with Gasteiger partial charge in [-0.05, 0) is 44.2 Å². The number of sulfonamides is 1. The van der Waals surface area contributed by atoms with Crippen molar-refractivity contribution >= 4 is 21.8 Å². The lowest BCUT2D eigenvalue weighted by Crippen LogP contribution is -2.51. The number of pyridine rings is 1. The van der Waals surface area contributed by atoms with E-state index in [2.05, 4.69) is 4.98 Å². The highest BCUT2D eigenvalue weighted by Crippen LogP contribution is 2.46. The van der Waals surface area contributed by atoms with Crippen LogP contribution in [0.3, 0.4) is 0 Å². The van der Waals surface area contributed by atoms with Crippen LogP contribution in [-0.4, -0.2) is 84.3 Å². The summed E-state index contributed by atoms with van der Waals surface area (Å²) in [7, 11) is -3.42. The molecule has 0 bridgehead atoms. The maximum absolute atomic E-state index is 13.6. The van der Waals surface area contributed by atoms with Crippen molar-refractivity contribution in [1.82, 2.24) is 19.1 Å². The molecule has 0 aromatic carbocycles. The summed E-state index contributed by atoms with van der Waals surface area (Å²) in [4.78, 5) is 34.1. The second-order valence-electron chi connectivity index (χ2n) is 8.36. The fraction of sp³-hybridized carbons (Fsp3) is 0.650. The first-order chi connectivity index (χ1) is 13.8. The molecule has 0 N–H and O–H groups in total. The van der Waals surface area contributed by atoms with Crippen LogP contribution in [0.4, 0.5) is 0 Å². The van der Waals surface area contributed by atoms with Crippen LogP contribution in [0.5, 0.6) is 0 Å². The normalized spacial score (nSPS) is 28.2. The summed E-state index contributed by atoms with van der Waals surface area (Å²) < 4.78 is 26.4. The second kappa shape index (κ2) is 7.68. The Bertz CT molecular complexity index is 885. The minimum atomic E-state index is -3.42. The average Bonchev–Trinajstić information content (AvgIpc) is 3.33. The van der Waals surface area contributed by atoms with Crippen molar-refractivity contribution in [3.8, 4) is 0 Å². The molecule has 0 unspecified atom stereocenters. The summed E-state index contributed by atoms with van der Waals surface area (Å²) in [5.41, 5.74) is -0.173. The zero-order valence-corrected chi connectivity index (χ0v) is 17.6. The van der Waals surface area contributed by atoms with Crippen LogP contribution in [0.1, 0.15) is 42.5 Å². The lowest BCUT2D eigenvalue weighted by atomic mass is 9.75. The van der Waals surface area contributed by atoms with Crippen LogP contribution in [0.2, 0.25) is 0 Å².